The molecular weight excluding hydrogens is 284 g/mol. The minimum absolute atomic E-state index is 0.321. The van der Waals surface area contributed by atoms with Gasteiger partial charge in [0.05, 0.1) is 16.8 Å². The highest BCUT2D eigenvalue weighted by molar-refractivity contribution is 6.46. The van der Waals surface area contributed by atoms with E-state index in [0.29, 0.717) is 5.56 Å². The van der Waals surface area contributed by atoms with Gasteiger partial charge in [-0.1, -0.05) is 12.1 Å². The Morgan fingerprint density at radius 1 is 1.00 bits per heavy atom. The predicted molar refractivity (Wildman–Crippen MR) is 72.5 cm³/mol. The molecule has 1 atom stereocenters. The number of alkyl halides is 3. The third-order valence-electron chi connectivity index (χ3n) is 4.11. The molecule has 0 saturated carbocycles. The second kappa shape index (κ2) is 5.00. The highest BCUT2D eigenvalue weighted by Gasteiger charge is 2.54. The van der Waals surface area contributed by atoms with E-state index in [1.54, 1.807) is 0 Å². The van der Waals surface area contributed by atoms with E-state index < -0.39 is 36.1 Å². The fraction of sp³-hybridized carbons (Fsp3) is 0.571. The van der Waals surface area contributed by atoms with Crippen LogP contribution in [0.25, 0.3) is 0 Å². The Hall–Kier alpha value is -1.05. The summed E-state index contributed by atoms with van der Waals surface area (Å²) in [6.45, 7) is 7.36. The summed E-state index contributed by atoms with van der Waals surface area (Å²) in [5.41, 5.74) is -1.65. The second-order valence-electron chi connectivity index (χ2n) is 6.19. The molecule has 3 nitrogen and oxygen atoms in total. The molecule has 1 saturated heterocycles. The maximum Gasteiger partial charge on any atom is 0.493 e. The number of hydrogen-bond acceptors (Lipinski definition) is 3. The maximum atomic E-state index is 12.5. The van der Waals surface area contributed by atoms with Gasteiger partial charge in [0.2, 0.25) is 0 Å². The van der Waals surface area contributed by atoms with Crippen LogP contribution >= 0.6 is 0 Å². The van der Waals surface area contributed by atoms with Gasteiger partial charge >= 0.3 is 13.3 Å². The quantitative estimate of drug-likeness (QED) is 0.851. The van der Waals surface area contributed by atoms with E-state index in [-0.39, 0.29) is 0 Å². The van der Waals surface area contributed by atoms with Gasteiger partial charge in [0, 0.05) is 0 Å². The Balaban J connectivity index is 2.17. The van der Waals surface area contributed by atoms with Crippen molar-refractivity contribution in [1.29, 1.82) is 0 Å². The molecule has 1 aromatic carbocycles. The lowest BCUT2D eigenvalue weighted by Crippen LogP contribution is -2.41. The van der Waals surface area contributed by atoms with Crippen LogP contribution in [-0.4, -0.2) is 23.4 Å². The number of benzene rings is 1. The summed E-state index contributed by atoms with van der Waals surface area (Å²) in [6, 6.07) is 3.19. The molecule has 0 amide bonds. The van der Waals surface area contributed by atoms with Crippen molar-refractivity contribution in [2.75, 3.05) is 0 Å². The van der Waals surface area contributed by atoms with Crippen LogP contribution in [0.1, 0.15) is 44.8 Å². The lowest BCUT2D eigenvalue weighted by molar-refractivity contribution is -0.137. The molecule has 0 aromatic heterocycles. The van der Waals surface area contributed by atoms with Gasteiger partial charge in [-0.3, -0.25) is 0 Å². The molecule has 0 spiro atoms. The fourth-order valence-corrected chi connectivity index (χ4v) is 2.04. The van der Waals surface area contributed by atoms with Crippen LogP contribution in [0.2, 0.25) is 0 Å². The third-order valence-corrected chi connectivity index (χ3v) is 4.11. The van der Waals surface area contributed by atoms with Gasteiger partial charge in [-0.25, -0.2) is 0 Å². The molecule has 0 bridgehead atoms. The minimum atomic E-state index is -4.40. The largest absolute Gasteiger partial charge is 0.493 e. The summed E-state index contributed by atoms with van der Waals surface area (Å²) >= 11 is 0. The Kier molecular flexibility index (Phi) is 3.89. The van der Waals surface area contributed by atoms with E-state index in [4.69, 9.17) is 9.31 Å². The van der Waals surface area contributed by atoms with Gasteiger partial charge in [0.25, 0.3) is 0 Å². The summed E-state index contributed by atoms with van der Waals surface area (Å²) in [4.78, 5) is 0. The topological polar surface area (TPSA) is 38.7 Å². The van der Waals surface area contributed by atoms with Crippen LogP contribution in [0.3, 0.4) is 0 Å². The molecule has 1 heterocycles. The average molecular weight is 302 g/mol. The molecule has 1 aromatic rings. The Labute approximate surface area is 122 Å². The molecule has 21 heavy (non-hydrogen) atoms. The number of halogens is 3. The monoisotopic (exact) mass is 302 g/mol. The number of aliphatic hydroxyl groups excluding tert-OH is 1. The zero-order valence-electron chi connectivity index (χ0n) is 12.4. The molecule has 1 aliphatic heterocycles. The van der Waals surface area contributed by atoms with Crippen LogP contribution in [-0.2, 0) is 15.5 Å². The van der Waals surface area contributed by atoms with Crippen molar-refractivity contribution >= 4 is 7.12 Å². The lowest BCUT2D eigenvalue weighted by Gasteiger charge is -2.32. The summed E-state index contributed by atoms with van der Waals surface area (Å²) in [7, 11) is -0.910. The van der Waals surface area contributed by atoms with Gasteiger partial charge in [-0.05, 0) is 45.4 Å². The van der Waals surface area contributed by atoms with Crippen molar-refractivity contribution in [2.24, 2.45) is 0 Å². The Bertz CT molecular complexity index is 495. The smallest absolute Gasteiger partial charge is 0.401 e. The predicted octanol–water partition coefficient (Wildman–Crippen LogP) is 3.37. The van der Waals surface area contributed by atoms with Crippen molar-refractivity contribution in [1.82, 2.24) is 0 Å². The fourth-order valence-electron chi connectivity index (χ4n) is 2.04. The van der Waals surface area contributed by atoms with Crippen LogP contribution in [0, 0.1) is 0 Å². The van der Waals surface area contributed by atoms with Crippen molar-refractivity contribution < 1.29 is 27.6 Å². The Morgan fingerprint density at radius 2 is 1.43 bits per heavy atom. The summed E-state index contributed by atoms with van der Waals surface area (Å²) in [6.07, 6.45) is -4.40. The first-order valence-electron chi connectivity index (χ1n) is 6.65. The standard InChI is InChI=1S/C14H18BF3O3/c1-12(2)13(3,4)21-15(20-12)11(19)9-5-7-10(8-6-9)14(16,17)18/h5-8,11,19H,1-4H3. The molecule has 0 radical (unpaired) electrons. The van der Waals surface area contributed by atoms with Gasteiger partial charge < -0.3 is 14.4 Å². The van der Waals surface area contributed by atoms with E-state index in [1.165, 1.54) is 12.1 Å². The molecule has 7 heteroatoms. The molecule has 1 N–H and O–H groups in total. The normalized spacial score (nSPS) is 22.4. The molecule has 2 rings (SSSR count). The van der Waals surface area contributed by atoms with Gasteiger partial charge in [0.1, 0.15) is 6.00 Å². The Morgan fingerprint density at radius 3 is 1.81 bits per heavy atom. The van der Waals surface area contributed by atoms with E-state index >= 15 is 0 Å². The molecule has 1 aliphatic rings. The van der Waals surface area contributed by atoms with Gasteiger partial charge in [0.15, 0.2) is 0 Å². The van der Waals surface area contributed by atoms with E-state index in [9.17, 15) is 18.3 Å². The highest BCUT2D eigenvalue weighted by atomic mass is 19.4. The molecule has 0 aliphatic carbocycles. The van der Waals surface area contributed by atoms with Crippen LogP contribution in [0.4, 0.5) is 13.2 Å². The maximum absolute atomic E-state index is 12.5. The summed E-state index contributed by atoms with van der Waals surface area (Å²) in [5.74, 6) is 0. The molecule has 116 valence electrons. The van der Waals surface area contributed by atoms with Crippen molar-refractivity contribution in [3.05, 3.63) is 35.4 Å². The summed E-state index contributed by atoms with van der Waals surface area (Å²) < 4.78 is 48.9. The first-order chi connectivity index (χ1) is 9.44. The summed E-state index contributed by atoms with van der Waals surface area (Å²) in [5, 5.41) is 10.2. The van der Waals surface area contributed by atoms with E-state index in [2.05, 4.69) is 0 Å². The second-order valence-corrected chi connectivity index (χ2v) is 6.19. The zero-order chi connectivity index (χ0) is 16.1. The molecule has 1 fully saturated rings. The van der Waals surface area contributed by atoms with Crippen LogP contribution in [0.5, 0.6) is 0 Å². The van der Waals surface area contributed by atoms with Gasteiger partial charge in [-0.15, -0.1) is 0 Å². The first-order valence-corrected chi connectivity index (χ1v) is 6.65. The van der Waals surface area contributed by atoms with Crippen LogP contribution in [0.15, 0.2) is 24.3 Å². The van der Waals surface area contributed by atoms with E-state index in [1.807, 2.05) is 27.7 Å². The number of rotatable bonds is 2. The van der Waals surface area contributed by atoms with Crippen molar-refractivity contribution in [2.45, 2.75) is 51.1 Å². The van der Waals surface area contributed by atoms with E-state index in [0.717, 1.165) is 12.1 Å². The van der Waals surface area contributed by atoms with Crippen LogP contribution < -0.4 is 0 Å². The van der Waals surface area contributed by atoms with Crippen molar-refractivity contribution in [3.63, 3.8) is 0 Å². The van der Waals surface area contributed by atoms with Crippen molar-refractivity contribution in [3.8, 4) is 0 Å². The van der Waals surface area contributed by atoms with Gasteiger partial charge in [-0.2, -0.15) is 13.2 Å². The number of hydrogen-bond donors (Lipinski definition) is 1. The third kappa shape index (κ3) is 3.10. The SMILES string of the molecule is CC1(C)OB(C(O)c2ccc(C(F)(F)F)cc2)OC1(C)C. The highest BCUT2D eigenvalue weighted by Crippen LogP contribution is 2.40. The molecular formula is C14H18BF3O3. The minimum Gasteiger partial charge on any atom is -0.401 e. The zero-order valence-corrected chi connectivity index (χ0v) is 12.4. The average Bonchev–Trinajstić information content (AvgIpc) is 2.57. The number of aliphatic hydroxyl groups is 1. The molecule has 1 unspecified atom stereocenters. The lowest BCUT2D eigenvalue weighted by atomic mass is 9.77. The first kappa shape index (κ1) is 16.3.